The van der Waals surface area contributed by atoms with Gasteiger partial charge in [0.05, 0.1) is 11.4 Å². The van der Waals surface area contributed by atoms with Crippen molar-refractivity contribution < 1.29 is 4.79 Å². The van der Waals surface area contributed by atoms with Gasteiger partial charge in [-0.2, -0.15) is 4.68 Å². The molecule has 0 saturated carbocycles. The maximum absolute atomic E-state index is 12.3. The van der Waals surface area contributed by atoms with E-state index in [1.54, 1.807) is 16.8 Å². The van der Waals surface area contributed by atoms with Crippen LogP contribution >= 0.6 is 23.4 Å². The van der Waals surface area contributed by atoms with Crippen LogP contribution in [0.1, 0.15) is 24.8 Å². The fourth-order valence-corrected chi connectivity index (χ4v) is 3.59. The number of tetrazole rings is 1. The van der Waals surface area contributed by atoms with Gasteiger partial charge >= 0.3 is 0 Å². The van der Waals surface area contributed by atoms with Crippen LogP contribution in [0.2, 0.25) is 5.02 Å². The molecule has 1 atom stereocenters. The van der Waals surface area contributed by atoms with E-state index in [2.05, 4.69) is 39.9 Å². The van der Waals surface area contributed by atoms with Crippen molar-refractivity contribution in [3.8, 4) is 5.69 Å². The zero-order valence-electron chi connectivity index (χ0n) is 14.9. The Kier molecular flexibility index (Phi) is 6.84. The molecular weight excluding hydrogens is 382 g/mol. The number of halogens is 1. The Morgan fingerprint density at radius 3 is 2.78 bits per heavy atom. The summed E-state index contributed by atoms with van der Waals surface area (Å²) in [6, 6.07) is 17.5. The minimum absolute atomic E-state index is 0.0463. The number of thioether (sulfide) groups is 1. The predicted octanol–water partition coefficient (Wildman–Crippen LogP) is 3.72. The largest absolute Gasteiger partial charge is 0.355 e. The van der Waals surface area contributed by atoms with Crippen molar-refractivity contribution >= 4 is 29.3 Å². The van der Waals surface area contributed by atoms with Crippen LogP contribution in [0.15, 0.2) is 59.8 Å². The van der Waals surface area contributed by atoms with Gasteiger partial charge in [0.15, 0.2) is 0 Å². The first kappa shape index (κ1) is 19.4. The van der Waals surface area contributed by atoms with Gasteiger partial charge in [0.2, 0.25) is 11.1 Å². The molecule has 0 bridgehead atoms. The topological polar surface area (TPSA) is 72.7 Å². The summed E-state index contributed by atoms with van der Waals surface area (Å²) in [5, 5.41) is 15.8. The molecule has 8 heteroatoms. The zero-order chi connectivity index (χ0) is 19.1. The lowest BCUT2D eigenvalue weighted by molar-refractivity contribution is -0.118. The molecule has 3 aromatic rings. The number of aromatic nitrogens is 4. The fourth-order valence-electron chi connectivity index (χ4n) is 2.68. The summed E-state index contributed by atoms with van der Waals surface area (Å²) in [4.78, 5) is 12.3. The molecule has 0 saturated heterocycles. The van der Waals surface area contributed by atoms with E-state index in [1.165, 1.54) is 17.3 Å². The van der Waals surface area contributed by atoms with Crippen LogP contribution in [0, 0.1) is 0 Å². The lowest BCUT2D eigenvalue weighted by atomic mass is 9.96. The Bertz CT molecular complexity index is 887. The monoisotopic (exact) mass is 401 g/mol. The van der Waals surface area contributed by atoms with Gasteiger partial charge in [-0.1, -0.05) is 66.7 Å². The number of amides is 1. The number of hydrogen-bond acceptors (Lipinski definition) is 5. The Balaban J connectivity index is 1.55. The number of nitrogens with one attached hydrogen (secondary N) is 1. The van der Waals surface area contributed by atoms with E-state index < -0.39 is 0 Å². The van der Waals surface area contributed by atoms with E-state index in [0.29, 0.717) is 22.6 Å². The van der Waals surface area contributed by atoms with Gasteiger partial charge in [-0.3, -0.25) is 4.79 Å². The first-order valence-electron chi connectivity index (χ1n) is 8.66. The highest BCUT2D eigenvalue weighted by atomic mass is 35.5. The smallest absolute Gasteiger partial charge is 0.230 e. The summed E-state index contributed by atoms with van der Waals surface area (Å²) in [5.41, 5.74) is 1.99. The lowest BCUT2D eigenvalue weighted by Crippen LogP contribution is -2.29. The predicted molar refractivity (Wildman–Crippen MR) is 107 cm³/mol. The molecule has 1 heterocycles. The molecule has 3 rings (SSSR count). The van der Waals surface area contributed by atoms with E-state index in [9.17, 15) is 4.79 Å². The number of carbonyl (C=O) groups is 1. The standard InChI is InChI=1S/C19H20ClN5OS/c1-2-14(15-7-4-3-5-8-15)12-21-18(26)13-27-19-22-23-24-25(19)17-10-6-9-16(20)11-17/h3-11,14H,2,12-13H2,1H3,(H,21,26)/t14-/m1/s1. The highest BCUT2D eigenvalue weighted by Gasteiger charge is 2.14. The van der Waals surface area contributed by atoms with Crippen LogP contribution in [-0.2, 0) is 4.79 Å². The van der Waals surface area contributed by atoms with Crippen molar-refractivity contribution in [2.75, 3.05) is 12.3 Å². The van der Waals surface area contributed by atoms with Gasteiger partial charge in [-0.05, 0) is 40.6 Å². The Morgan fingerprint density at radius 1 is 1.22 bits per heavy atom. The third-order valence-electron chi connectivity index (χ3n) is 4.14. The molecule has 0 unspecified atom stereocenters. The van der Waals surface area contributed by atoms with Gasteiger partial charge in [0.25, 0.3) is 0 Å². The van der Waals surface area contributed by atoms with Gasteiger partial charge < -0.3 is 5.32 Å². The first-order valence-corrected chi connectivity index (χ1v) is 10.0. The van der Waals surface area contributed by atoms with Gasteiger partial charge in [-0.15, -0.1) is 5.10 Å². The molecule has 0 fully saturated rings. The van der Waals surface area contributed by atoms with E-state index in [-0.39, 0.29) is 11.7 Å². The van der Waals surface area contributed by atoms with E-state index in [0.717, 1.165) is 12.1 Å². The van der Waals surface area contributed by atoms with E-state index in [1.807, 2.05) is 30.3 Å². The van der Waals surface area contributed by atoms with Gasteiger partial charge in [0, 0.05) is 17.5 Å². The molecule has 0 spiro atoms. The lowest BCUT2D eigenvalue weighted by Gasteiger charge is -2.16. The van der Waals surface area contributed by atoms with Crippen LogP contribution < -0.4 is 5.32 Å². The third-order valence-corrected chi connectivity index (χ3v) is 5.29. The summed E-state index contributed by atoms with van der Waals surface area (Å²) >= 11 is 7.31. The number of rotatable bonds is 8. The average molecular weight is 402 g/mol. The summed E-state index contributed by atoms with van der Waals surface area (Å²) in [5.74, 6) is 0.499. The molecule has 140 valence electrons. The van der Waals surface area contributed by atoms with Crippen molar-refractivity contribution in [1.82, 2.24) is 25.5 Å². The summed E-state index contributed by atoms with van der Waals surface area (Å²) in [6.07, 6.45) is 0.963. The SMILES string of the molecule is CC[C@H](CNC(=O)CSc1nnnn1-c1cccc(Cl)c1)c1ccccc1. The number of nitrogens with zero attached hydrogens (tertiary/aromatic N) is 4. The Morgan fingerprint density at radius 2 is 2.04 bits per heavy atom. The maximum Gasteiger partial charge on any atom is 0.230 e. The average Bonchev–Trinajstić information content (AvgIpc) is 3.16. The second-order valence-electron chi connectivity index (χ2n) is 5.96. The van der Waals surface area contributed by atoms with Crippen LogP contribution in [-0.4, -0.2) is 38.4 Å². The van der Waals surface area contributed by atoms with Crippen molar-refractivity contribution in [3.63, 3.8) is 0 Å². The first-order chi connectivity index (χ1) is 13.2. The Hall–Kier alpha value is -2.38. The van der Waals surface area contributed by atoms with Crippen LogP contribution in [0.5, 0.6) is 0 Å². The minimum atomic E-state index is -0.0463. The van der Waals surface area contributed by atoms with Gasteiger partial charge in [0.1, 0.15) is 0 Å². The summed E-state index contributed by atoms with van der Waals surface area (Å²) in [6.45, 7) is 2.73. The van der Waals surface area contributed by atoms with Crippen molar-refractivity contribution in [3.05, 3.63) is 65.2 Å². The number of hydrogen-bond donors (Lipinski definition) is 1. The minimum Gasteiger partial charge on any atom is -0.355 e. The second kappa shape index (κ2) is 9.53. The second-order valence-corrected chi connectivity index (χ2v) is 7.34. The summed E-state index contributed by atoms with van der Waals surface area (Å²) < 4.78 is 1.57. The molecule has 0 aliphatic heterocycles. The highest BCUT2D eigenvalue weighted by Crippen LogP contribution is 2.21. The van der Waals surface area contributed by atoms with Crippen LogP contribution in [0.25, 0.3) is 5.69 Å². The van der Waals surface area contributed by atoms with Crippen molar-refractivity contribution in [1.29, 1.82) is 0 Å². The highest BCUT2D eigenvalue weighted by molar-refractivity contribution is 7.99. The molecule has 1 N–H and O–H groups in total. The number of carbonyl (C=O) groups excluding carboxylic acids is 1. The zero-order valence-corrected chi connectivity index (χ0v) is 16.5. The van der Waals surface area contributed by atoms with E-state index >= 15 is 0 Å². The molecule has 0 aliphatic rings. The molecule has 1 amide bonds. The molecule has 0 aliphatic carbocycles. The number of benzene rings is 2. The van der Waals surface area contributed by atoms with Crippen molar-refractivity contribution in [2.24, 2.45) is 0 Å². The normalized spacial score (nSPS) is 11.9. The molecular formula is C19H20ClN5OS. The molecule has 2 aromatic carbocycles. The molecule has 1 aromatic heterocycles. The fraction of sp³-hybridized carbons (Fsp3) is 0.263. The molecule has 27 heavy (non-hydrogen) atoms. The molecule has 0 radical (unpaired) electrons. The van der Waals surface area contributed by atoms with Gasteiger partial charge in [-0.25, -0.2) is 0 Å². The maximum atomic E-state index is 12.3. The summed E-state index contributed by atoms with van der Waals surface area (Å²) in [7, 11) is 0. The Labute approximate surface area is 167 Å². The van der Waals surface area contributed by atoms with Crippen LogP contribution in [0.4, 0.5) is 0 Å². The molecule has 6 nitrogen and oxygen atoms in total. The third kappa shape index (κ3) is 5.30. The quantitative estimate of drug-likeness (QED) is 0.582. The van der Waals surface area contributed by atoms with E-state index in [4.69, 9.17) is 11.6 Å². The van der Waals surface area contributed by atoms with Crippen LogP contribution in [0.3, 0.4) is 0 Å². The van der Waals surface area contributed by atoms with Crippen molar-refractivity contribution in [2.45, 2.75) is 24.4 Å².